The normalized spacial score (nSPS) is 15.2. The minimum Gasteiger partial charge on any atom is -0.484 e. The van der Waals surface area contributed by atoms with E-state index in [9.17, 15) is 14.0 Å². The standard InChI is InChI=1S/C23H23FN2O4/c24-19-6-2-17(3-7-19)15-25-10-1-11-26(13-12-25)22(27)16-29-20-8-4-18-5-9-23(28)30-21(18)14-20/h2-9,14H,1,10-13,15-16H2. The summed E-state index contributed by atoms with van der Waals surface area (Å²) in [5.41, 5.74) is 1.06. The summed E-state index contributed by atoms with van der Waals surface area (Å²) >= 11 is 0. The zero-order valence-corrected chi connectivity index (χ0v) is 16.6. The fourth-order valence-corrected chi connectivity index (χ4v) is 3.59. The van der Waals surface area contributed by atoms with E-state index in [1.165, 1.54) is 18.2 Å². The van der Waals surface area contributed by atoms with E-state index < -0.39 is 5.63 Å². The molecule has 2 aromatic carbocycles. The third kappa shape index (κ3) is 5.04. The molecule has 4 rings (SSSR count). The number of benzene rings is 2. The number of hydrogen-bond acceptors (Lipinski definition) is 5. The predicted molar refractivity (Wildman–Crippen MR) is 111 cm³/mol. The highest BCUT2D eigenvalue weighted by atomic mass is 19.1. The molecular weight excluding hydrogens is 387 g/mol. The largest absolute Gasteiger partial charge is 0.484 e. The van der Waals surface area contributed by atoms with Crippen LogP contribution in [0.4, 0.5) is 4.39 Å². The van der Waals surface area contributed by atoms with E-state index in [0.29, 0.717) is 24.4 Å². The molecule has 1 amide bonds. The number of hydrogen-bond donors (Lipinski definition) is 0. The van der Waals surface area contributed by atoms with Gasteiger partial charge in [0.25, 0.3) is 5.91 Å². The molecule has 156 valence electrons. The zero-order chi connectivity index (χ0) is 20.9. The smallest absolute Gasteiger partial charge is 0.336 e. The fraction of sp³-hybridized carbons (Fsp3) is 0.304. The molecule has 1 fully saturated rings. The molecule has 7 heteroatoms. The summed E-state index contributed by atoms with van der Waals surface area (Å²) in [6.45, 7) is 3.60. The molecular formula is C23H23FN2O4. The van der Waals surface area contributed by atoms with Crippen LogP contribution in [-0.4, -0.2) is 48.5 Å². The van der Waals surface area contributed by atoms with Gasteiger partial charge in [0.05, 0.1) is 0 Å². The highest BCUT2D eigenvalue weighted by molar-refractivity contribution is 5.79. The molecule has 0 radical (unpaired) electrons. The molecule has 0 unspecified atom stereocenters. The van der Waals surface area contributed by atoms with Crippen LogP contribution in [0.3, 0.4) is 0 Å². The second-order valence-corrected chi connectivity index (χ2v) is 7.38. The Hall–Kier alpha value is -3.19. The lowest BCUT2D eigenvalue weighted by atomic mass is 10.2. The molecule has 30 heavy (non-hydrogen) atoms. The first-order chi connectivity index (χ1) is 14.6. The zero-order valence-electron chi connectivity index (χ0n) is 16.6. The van der Waals surface area contributed by atoms with Gasteiger partial charge in [-0.3, -0.25) is 9.69 Å². The van der Waals surface area contributed by atoms with Gasteiger partial charge in [0.2, 0.25) is 0 Å². The third-order valence-electron chi connectivity index (χ3n) is 5.22. The highest BCUT2D eigenvalue weighted by Gasteiger charge is 2.19. The molecule has 1 aliphatic rings. The van der Waals surface area contributed by atoms with Gasteiger partial charge in [0, 0.05) is 50.2 Å². The van der Waals surface area contributed by atoms with Gasteiger partial charge in [0.15, 0.2) is 6.61 Å². The highest BCUT2D eigenvalue weighted by Crippen LogP contribution is 2.19. The molecule has 1 aromatic heterocycles. The van der Waals surface area contributed by atoms with Crippen molar-refractivity contribution in [1.82, 2.24) is 9.80 Å². The Morgan fingerprint density at radius 3 is 2.63 bits per heavy atom. The van der Waals surface area contributed by atoms with Crippen molar-refractivity contribution in [2.24, 2.45) is 0 Å². The SMILES string of the molecule is O=C(COc1ccc2ccc(=O)oc2c1)N1CCCN(Cc2ccc(F)cc2)CC1. The third-order valence-corrected chi connectivity index (χ3v) is 5.22. The van der Waals surface area contributed by atoms with Crippen LogP contribution in [0, 0.1) is 5.82 Å². The summed E-state index contributed by atoms with van der Waals surface area (Å²) < 4.78 is 23.9. The van der Waals surface area contributed by atoms with Crippen LogP contribution in [0.15, 0.2) is 63.8 Å². The Bertz CT molecular complexity index is 1080. The van der Waals surface area contributed by atoms with Gasteiger partial charge in [-0.25, -0.2) is 9.18 Å². The van der Waals surface area contributed by atoms with E-state index in [-0.39, 0.29) is 18.3 Å². The van der Waals surface area contributed by atoms with Crippen molar-refractivity contribution in [2.45, 2.75) is 13.0 Å². The second-order valence-electron chi connectivity index (χ2n) is 7.38. The lowest BCUT2D eigenvalue weighted by Crippen LogP contribution is -2.38. The number of amides is 1. The molecule has 6 nitrogen and oxygen atoms in total. The number of carbonyl (C=O) groups excluding carboxylic acids is 1. The predicted octanol–water partition coefficient (Wildman–Crippen LogP) is 3.05. The molecule has 1 saturated heterocycles. The number of fused-ring (bicyclic) bond motifs is 1. The summed E-state index contributed by atoms with van der Waals surface area (Å²) in [6, 6.07) is 14.7. The number of carbonyl (C=O) groups is 1. The molecule has 0 atom stereocenters. The quantitative estimate of drug-likeness (QED) is 0.605. The van der Waals surface area contributed by atoms with E-state index in [1.807, 2.05) is 4.90 Å². The summed E-state index contributed by atoms with van der Waals surface area (Å²) in [5.74, 6) is 0.172. The van der Waals surface area contributed by atoms with Gasteiger partial charge in [0.1, 0.15) is 17.1 Å². The average molecular weight is 410 g/mol. The minimum atomic E-state index is -0.425. The van der Waals surface area contributed by atoms with Crippen LogP contribution in [-0.2, 0) is 11.3 Å². The Morgan fingerprint density at radius 2 is 1.80 bits per heavy atom. The van der Waals surface area contributed by atoms with Crippen molar-refractivity contribution >= 4 is 16.9 Å². The van der Waals surface area contributed by atoms with Crippen molar-refractivity contribution in [1.29, 1.82) is 0 Å². The van der Waals surface area contributed by atoms with Gasteiger partial charge < -0.3 is 14.1 Å². The summed E-state index contributed by atoms with van der Waals surface area (Å²) in [4.78, 5) is 28.1. The van der Waals surface area contributed by atoms with E-state index >= 15 is 0 Å². The van der Waals surface area contributed by atoms with Crippen molar-refractivity contribution in [3.8, 4) is 5.75 Å². The van der Waals surface area contributed by atoms with E-state index in [1.54, 1.807) is 36.4 Å². The molecule has 0 bridgehead atoms. The molecule has 0 N–H and O–H groups in total. The topological polar surface area (TPSA) is 63.0 Å². The van der Waals surface area contributed by atoms with Gasteiger partial charge >= 0.3 is 5.63 Å². The Morgan fingerprint density at radius 1 is 1.00 bits per heavy atom. The van der Waals surface area contributed by atoms with Gasteiger partial charge in [-0.05, 0) is 42.3 Å². The maximum atomic E-state index is 13.1. The van der Waals surface area contributed by atoms with Crippen molar-refractivity contribution in [2.75, 3.05) is 32.8 Å². The minimum absolute atomic E-state index is 0.0689. The average Bonchev–Trinajstić information content (AvgIpc) is 2.99. The maximum absolute atomic E-state index is 13.1. The van der Waals surface area contributed by atoms with Crippen LogP contribution in [0.1, 0.15) is 12.0 Å². The number of halogens is 1. The first-order valence-electron chi connectivity index (χ1n) is 9.98. The fourth-order valence-electron chi connectivity index (χ4n) is 3.59. The van der Waals surface area contributed by atoms with Crippen molar-refractivity contribution in [3.63, 3.8) is 0 Å². The first-order valence-corrected chi connectivity index (χ1v) is 9.98. The Labute approximate surface area is 173 Å². The Kier molecular flexibility index (Phi) is 6.09. The van der Waals surface area contributed by atoms with Crippen LogP contribution < -0.4 is 10.4 Å². The lowest BCUT2D eigenvalue weighted by molar-refractivity contribution is -0.133. The lowest BCUT2D eigenvalue weighted by Gasteiger charge is -2.22. The van der Waals surface area contributed by atoms with Crippen LogP contribution in [0.5, 0.6) is 5.75 Å². The molecule has 0 spiro atoms. The van der Waals surface area contributed by atoms with Gasteiger partial charge in [-0.1, -0.05) is 12.1 Å². The van der Waals surface area contributed by atoms with Crippen molar-refractivity contribution in [3.05, 3.63) is 76.4 Å². The molecule has 0 saturated carbocycles. The first kappa shape index (κ1) is 20.1. The molecule has 1 aliphatic heterocycles. The van der Waals surface area contributed by atoms with Crippen LogP contribution in [0.2, 0.25) is 0 Å². The molecule has 2 heterocycles. The second kappa shape index (κ2) is 9.09. The van der Waals surface area contributed by atoms with E-state index in [2.05, 4.69) is 4.90 Å². The monoisotopic (exact) mass is 410 g/mol. The summed E-state index contributed by atoms with van der Waals surface area (Å²) in [7, 11) is 0. The Balaban J connectivity index is 1.30. The number of nitrogens with zero attached hydrogens (tertiary/aromatic N) is 2. The number of rotatable bonds is 5. The molecule has 0 aliphatic carbocycles. The summed E-state index contributed by atoms with van der Waals surface area (Å²) in [5, 5.41) is 0.794. The summed E-state index contributed by atoms with van der Waals surface area (Å²) in [6.07, 6.45) is 0.869. The maximum Gasteiger partial charge on any atom is 0.336 e. The molecule has 3 aromatic rings. The van der Waals surface area contributed by atoms with Crippen molar-refractivity contribution < 1.29 is 18.3 Å². The number of ether oxygens (including phenoxy) is 1. The van der Waals surface area contributed by atoms with Crippen LogP contribution >= 0.6 is 0 Å². The van der Waals surface area contributed by atoms with Gasteiger partial charge in [-0.15, -0.1) is 0 Å². The van der Waals surface area contributed by atoms with E-state index in [4.69, 9.17) is 9.15 Å². The van der Waals surface area contributed by atoms with Crippen LogP contribution in [0.25, 0.3) is 11.0 Å². The van der Waals surface area contributed by atoms with Gasteiger partial charge in [-0.2, -0.15) is 0 Å². The van der Waals surface area contributed by atoms with E-state index in [0.717, 1.165) is 37.0 Å².